The quantitative estimate of drug-likeness (QED) is 0.624. The fourth-order valence-electron chi connectivity index (χ4n) is 3.98. The molecule has 0 saturated carbocycles. The largest absolute Gasteiger partial charge is 0.295 e. The lowest BCUT2D eigenvalue weighted by atomic mass is 9.57. The molecule has 0 heterocycles. The van der Waals surface area contributed by atoms with Crippen molar-refractivity contribution in [2.75, 3.05) is 0 Å². The van der Waals surface area contributed by atoms with Crippen molar-refractivity contribution in [2.24, 2.45) is 29.6 Å². The van der Waals surface area contributed by atoms with Gasteiger partial charge in [-0.2, -0.15) is 0 Å². The molecule has 2 heteroatoms. The van der Waals surface area contributed by atoms with Crippen LogP contribution in [-0.4, -0.2) is 11.6 Å². The number of ketones is 2. The van der Waals surface area contributed by atoms with Crippen molar-refractivity contribution in [1.82, 2.24) is 0 Å². The molecule has 0 amide bonds. The zero-order chi connectivity index (χ0) is 13.7. The lowest BCUT2D eigenvalue weighted by Gasteiger charge is -2.44. The van der Waals surface area contributed by atoms with Crippen LogP contribution in [0.1, 0.15) is 27.2 Å². The zero-order valence-electron chi connectivity index (χ0n) is 11.7. The molecule has 0 fully saturated rings. The van der Waals surface area contributed by atoms with Crippen molar-refractivity contribution in [3.05, 3.63) is 35.5 Å². The Bertz CT molecular complexity index is 535. The highest BCUT2D eigenvalue weighted by Crippen LogP contribution is 2.48. The summed E-state index contributed by atoms with van der Waals surface area (Å²) in [6, 6.07) is 0. The maximum absolute atomic E-state index is 12.5. The second kappa shape index (κ2) is 4.29. The predicted molar refractivity (Wildman–Crippen MR) is 74.4 cm³/mol. The van der Waals surface area contributed by atoms with Crippen LogP contribution in [0.4, 0.5) is 0 Å². The van der Waals surface area contributed by atoms with Gasteiger partial charge in [0, 0.05) is 11.8 Å². The number of fused-ring (bicyclic) bond motifs is 3. The normalized spacial score (nSPS) is 41.3. The van der Waals surface area contributed by atoms with Gasteiger partial charge in [-0.1, -0.05) is 30.7 Å². The Kier molecular flexibility index (Phi) is 2.84. The number of allylic oxidation sites excluding steroid dienone is 6. The molecule has 0 spiro atoms. The Labute approximate surface area is 114 Å². The number of rotatable bonds is 0. The number of carbonyl (C=O) groups excluding carboxylic acids is 2. The molecule has 19 heavy (non-hydrogen) atoms. The van der Waals surface area contributed by atoms with E-state index in [1.165, 1.54) is 5.57 Å². The predicted octanol–water partition coefficient (Wildman–Crippen LogP) is 3.11. The minimum absolute atomic E-state index is 0.125. The van der Waals surface area contributed by atoms with Crippen molar-refractivity contribution in [3.63, 3.8) is 0 Å². The third-order valence-electron chi connectivity index (χ3n) is 5.14. The van der Waals surface area contributed by atoms with Gasteiger partial charge in [0.25, 0.3) is 0 Å². The molecule has 0 aliphatic heterocycles. The van der Waals surface area contributed by atoms with Crippen LogP contribution in [0.5, 0.6) is 0 Å². The van der Waals surface area contributed by atoms with E-state index in [9.17, 15) is 9.59 Å². The Morgan fingerprint density at radius 3 is 2.63 bits per heavy atom. The minimum Gasteiger partial charge on any atom is -0.295 e. The molecule has 0 bridgehead atoms. The van der Waals surface area contributed by atoms with Gasteiger partial charge in [-0.25, -0.2) is 0 Å². The summed E-state index contributed by atoms with van der Waals surface area (Å²) in [5.74, 6) is 0.857. The first-order chi connectivity index (χ1) is 9.00. The second-order valence-electron chi connectivity index (χ2n) is 6.25. The summed E-state index contributed by atoms with van der Waals surface area (Å²) in [7, 11) is 0. The number of hydrogen-bond acceptors (Lipinski definition) is 2. The molecule has 100 valence electrons. The van der Waals surface area contributed by atoms with Crippen LogP contribution in [0.2, 0.25) is 0 Å². The van der Waals surface area contributed by atoms with Crippen molar-refractivity contribution in [1.29, 1.82) is 0 Å². The van der Waals surface area contributed by atoms with Crippen LogP contribution in [-0.2, 0) is 9.59 Å². The molecule has 0 saturated heterocycles. The van der Waals surface area contributed by atoms with E-state index < -0.39 is 0 Å². The van der Waals surface area contributed by atoms with Gasteiger partial charge >= 0.3 is 0 Å². The van der Waals surface area contributed by atoms with Gasteiger partial charge in [0.05, 0.1) is 0 Å². The zero-order valence-corrected chi connectivity index (χ0v) is 11.7. The fourth-order valence-corrected chi connectivity index (χ4v) is 3.98. The monoisotopic (exact) mass is 256 g/mol. The number of Topliss-reactive ketones (excluding diaryl/α,β-unsaturated/α-hetero) is 1. The summed E-state index contributed by atoms with van der Waals surface area (Å²) in [6.07, 6.45) is 8.87. The Balaban J connectivity index is 2.11. The van der Waals surface area contributed by atoms with Crippen molar-refractivity contribution in [3.8, 4) is 0 Å². The molecule has 3 aliphatic carbocycles. The summed E-state index contributed by atoms with van der Waals surface area (Å²) in [6.45, 7) is 6.14. The molecular formula is C17H20O2. The van der Waals surface area contributed by atoms with Gasteiger partial charge in [0.2, 0.25) is 0 Å². The number of carbonyl (C=O) groups is 2. The Morgan fingerprint density at radius 1 is 1.16 bits per heavy atom. The Morgan fingerprint density at radius 2 is 1.89 bits per heavy atom. The third-order valence-corrected chi connectivity index (χ3v) is 5.14. The van der Waals surface area contributed by atoms with E-state index in [4.69, 9.17) is 0 Å². The van der Waals surface area contributed by atoms with E-state index in [0.29, 0.717) is 5.92 Å². The lowest BCUT2D eigenvalue weighted by molar-refractivity contribution is -0.133. The molecule has 0 aromatic carbocycles. The van der Waals surface area contributed by atoms with Gasteiger partial charge in [0.15, 0.2) is 11.6 Å². The van der Waals surface area contributed by atoms with Gasteiger partial charge in [-0.3, -0.25) is 9.59 Å². The minimum atomic E-state index is -0.134. The molecule has 0 radical (unpaired) electrons. The number of hydrogen-bond donors (Lipinski definition) is 0. The van der Waals surface area contributed by atoms with Crippen LogP contribution < -0.4 is 0 Å². The van der Waals surface area contributed by atoms with E-state index in [1.54, 1.807) is 6.08 Å². The van der Waals surface area contributed by atoms with Crippen molar-refractivity contribution >= 4 is 11.6 Å². The maximum atomic E-state index is 12.5. The van der Waals surface area contributed by atoms with Crippen LogP contribution in [0, 0.1) is 29.6 Å². The summed E-state index contributed by atoms with van der Waals surface area (Å²) in [5, 5.41) is 0. The third kappa shape index (κ3) is 1.77. The SMILES string of the molecule is CC1=CC[C@@H]2C(C)=C[C@@H]3[C@H](C(=O)C=C[C@H]3C)[C@H]2C1=O. The van der Waals surface area contributed by atoms with E-state index in [1.807, 2.05) is 19.1 Å². The van der Waals surface area contributed by atoms with E-state index in [-0.39, 0.29) is 35.2 Å². The Hall–Kier alpha value is -1.44. The van der Waals surface area contributed by atoms with E-state index >= 15 is 0 Å². The molecule has 0 N–H and O–H groups in total. The highest BCUT2D eigenvalue weighted by molar-refractivity contribution is 6.03. The lowest BCUT2D eigenvalue weighted by Crippen LogP contribution is -2.46. The highest BCUT2D eigenvalue weighted by atomic mass is 16.1. The van der Waals surface area contributed by atoms with Crippen molar-refractivity contribution in [2.45, 2.75) is 27.2 Å². The van der Waals surface area contributed by atoms with Crippen LogP contribution in [0.25, 0.3) is 0 Å². The maximum Gasteiger partial charge on any atom is 0.162 e. The first kappa shape index (κ1) is 12.6. The first-order valence-electron chi connectivity index (χ1n) is 7.12. The first-order valence-corrected chi connectivity index (χ1v) is 7.12. The van der Waals surface area contributed by atoms with Crippen LogP contribution in [0.15, 0.2) is 35.5 Å². The van der Waals surface area contributed by atoms with Gasteiger partial charge in [-0.05, 0) is 49.7 Å². The fraction of sp³-hybridized carbons (Fsp3) is 0.529. The average molecular weight is 256 g/mol. The molecule has 0 unspecified atom stereocenters. The van der Waals surface area contributed by atoms with Gasteiger partial charge in [-0.15, -0.1) is 0 Å². The molecule has 0 aromatic rings. The topological polar surface area (TPSA) is 34.1 Å². The average Bonchev–Trinajstić information content (AvgIpc) is 2.38. The van der Waals surface area contributed by atoms with Gasteiger partial charge < -0.3 is 0 Å². The summed E-state index contributed by atoms with van der Waals surface area (Å²) in [5.41, 5.74) is 2.13. The van der Waals surface area contributed by atoms with Gasteiger partial charge in [0.1, 0.15) is 0 Å². The van der Waals surface area contributed by atoms with E-state index in [0.717, 1.165) is 12.0 Å². The van der Waals surface area contributed by atoms with Crippen LogP contribution >= 0.6 is 0 Å². The molecule has 3 rings (SSSR count). The molecule has 5 atom stereocenters. The standard InChI is InChI=1S/C17H20O2/c1-9-5-7-14(18)15-13(9)8-11(3)12-6-4-10(2)17(19)16(12)15/h4-5,7-9,12-13,15-16H,6H2,1-3H3/t9-,12-,13+,15-,16+/m1/s1. The van der Waals surface area contributed by atoms with Crippen LogP contribution in [0.3, 0.4) is 0 Å². The van der Waals surface area contributed by atoms with E-state index in [2.05, 4.69) is 19.9 Å². The smallest absolute Gasteiger partial charge is 0.162 e. The highest BCUT2D eigenvalue weighted by Gasteiger charge is 2.48. The molecule has 3 aliphatic rings. The summed E-state index contributed by atoms with van der Waals surface area (Å²) in [4.78, 5) is 24.8. The summed E-state index contributed by atoms with van der Waals surface area (Å²) >= 11 is 0. The molecular weight excluding hydrogens is 236 g/mol. The molecule has 2 nitrogen and oxygen atoms in total. The van der Waals surface area contributed by atoms with Crippen molar-refractivity contribution < 1.29 is 9.59 Å². The second-order valence-corrected chi connectivity index (χ2v) is 6.25. The molecule has 0 aromatic heterocycles. The summed E-state index contributed by atoms with van der Waals surface area (Å²) < 4.78 is 0.